The summed E-state index contributed by atoms with van der Waals surface area (Å²) in [7, 11) is 1.60. The average molecular weight is 225 g/mol. The van der Waals surface area contributed by atoms with Crippen molar-refractivity contribution in [2.45, 2.75) is 52.9 Å². The van der Waals surface area contributed by atoms with Gasteiger partial charge in [-0.2, -0.15) is 0 Å². The second kappa shape index (κ2) is 4.98. The monoisotopic (exact) mass is 225 g/mol. The molecule has 0 spiro atoms. The molecule has 1 rings (SSSR count). The number of carbonyl (C=O) groups is 2. The Morgan fingerprint density at radius 1 is 1.25 bits per heavy atom. The SMILES string of the molecule is CCCC(C)(CCC)C1CC(=O)N(C)C1=O. The maximum Gasteiger partial charge on any atom is 0.233 e. The molecule has 0 saturated carbocycles. The number of likely N-dealkylation sites (tertiary alicyclic amines) is 1. The first-order chi connectivity index (χ1) is 7.46. The quantitative estimate of drug-likeness (QED) is 0.674. The summed E-state index contributed by atoms with van der Waals surface area (Å²) in [5, 5.41) is 0. The summed E-state index contributed by atoms with van der Waals surface area (Å²) >= 11 is 0. The van der Waals surface area contributed by atoms with Crippen molar-refractivity contribution in [3.05, 3.63) is 0 Å². The molecule has 1 unspecified atom stereocenters. The molecule has 0 radical (unpaired) electrons. The minimum Gasteiger partial charge on any atom is -0.285 e. The fourth-order valence-corrected chi connectivity index (χ4v) is 2.92. The lowest BCUT2D eigenvalue weighted by molar-refractivity contribution is -0.139. The average Bonchev–Trinajstić information content (AvgIpc) is 2.47. The lowest BCUT2D eigenvalue weighted by Gasteiger charge is -2.33. The molecule has 2 amide bonds. The highest BCUT2D eigenvalue weighted by Crippen LogP contribution is 2.42. The zero-order valence-electron chi connectivity index (χ0n) is 10.9. The Hall–Kier alpha value is -0.860. The zero-order valence-corrected chi connectivity index (χ0v) is 10.9. The van der Waals surface area contributed by atoms with Crippen molar-refractivity contribution in [1.29, 1.82) is 0 Å². The van der Waals surface area contributed by atoms with E-state index in [9.17, 15) is 9.59 Å². The molecule has 0 aliphatic carbocycles. The van der Waals surface area contributed by atoms with Crippen molar-refractivity contribution in [3.63, 3.8) is 0 Å². The van der Waals surface area contributed by atoms with Crippen LogP contribution in [0.2, 0.25) is 0 Å². The third-order valence-electron chi connectivity index (χ3n) is 3.87. The Bertz CT molecular complexity index is 280. The van der Waals surface area contributed by atoms with Gasteiger partial charge in [-0.05, 0) is 18.3 Å². The van der Waals surface area contributed by atoms with E-state index >= 15 is 0 Å². The van der Waals surface area contributed by atoms with Gasteiger partial charge in [0.1, 0.15) is 0 Å². The van der Waals surface area contributed by atoms with E-state index in [1.165, 1.54) is 4.90 Å². The number of amides is 2. The Kier molecular flexibility index (Phi) is 4.11. The number of imide groups is 1. The van der Waals surface area contributed by atoms with Crippen molar-refractivity contribution in [2.24, 2.45) is 11.3 Å². The molecule has 0 aromatic carbocycles. The second-order valence-corrected chi connectivity index (χ2v) is 5.20. The van der Waals surface area contributed by atoms with Gasteiger partial charge in [-0.1, -0.05) is 33.6 Å². The number of rotatable bonds is 5. The van der Waals surface area contributed by atoms with Crippen LogP contribution in [0.3, 0.4) is 0 Å². The van der Waals surface area contributed by atoms with Gasteiger partial charge < -0.3 is 0 Å². The van der Waals surface area contributed by atoms with Crippen molar-refractivity contribution in [1.82, 2.24) is 4.90 Å². The molecule has 0 N–H and O–H groups in total. The summed E-state index contributed by atoms with van der Waals surface area (Å²) in [6.45, 7) is 6.44. The van der Waals surface area contributed by atoms with E-state index in [4.69, 9.17) is 0 Å². The molecule has 1 atom stereocenters. The van der Waals surface area contributed by atoms with E-state index in [1.54, 1.807) is 7.05 Å². The topological polar surface area (TPSA) is 37.4 Å². The molecule has 1 aliphatic heterocycles. The summed E-state index contributed by atoms with van der Waals surface area (Å²) < 4.78 is 0. The zero-order chi connectivity index (χ0) is 12.3. The smallest absolute Gasteiger partial charge is 0.233 e. The fraction of sp³-hybridized carbons (Fsp3) is 0.846. The first kappa shape index (κ1) is 13.2. The van der Waals surface area contributed by atoms with Crippen LogP contribution in [0.1, 0.15) is 52.9 Å². The van der Waals surface area contributed by atoms with E-state index in [1.807, 2.05) is 0 Å². The third kappa shape index (κ3) is 2.28. The number of hydrogen-bond acceptors (Lipinski definition) is 2. The molecule has 92 valence electrons. The van der Waals surface area contributed by atoms with Crippen LogP contribution < -0.4 is 0 Å². The van der Waals surface area contributed by atoms with Crippen molar-refractivity contribution >= 4 is 11.8 Å². The molecular formula is C13H23NO2. The lowest BCUT2D eigenvalue weighted by Crippen LogP contribution is -2.34. The van der Waals surface area contributed by atoms with Crippen molar-refractivity contribution in [2.75, 3.05) is 7.05 Å². The van der Waals surface area contributed by atoms with Crippen LogP contribution in [0.25, 0.3) is 0 Å². The first-order valence-corrected chi connectivity index (χ1v) is 6.26. The molecule has 1 heterocycles. The van der Waals surface area contributed by atoms with Gasteiger partial charge in [0.2, 0.25) is 11.8 Å². The number of nitrogens with zero attached hydrogens (tertiary/aromatic N) is 1. The summed E-state index contributed by atoms with van der Waals surface area (Å²) in [5.41, 5.74) is 0.000995. The van der Waals surface area contributed by atoms with Crippen molar-refractivity contribution in [3.8, 4) is 0 Å². The number of carbonyl (C=O) groups excluding carboxylic acids is 2. The molecule has 0 aromatic rings. The van der Waals surface area contributed by atoms with E-state index in [0.717, 1.165) is 25.7 Å². The van der Waals surface area contributed by atoms with Crippen LogP contribution in [0, 0.1) is 11.3 Å². The molecule has 3 heteroatoms. The Morgan fingerprint density at radius 3 is 2.06 bits per heavy atom. The highest BCUT2D eigenvalue weighted by molar-refractivity contribution is 6.03. The molecule has 1 saturated heterocycles. The molecule has 1 aliphatic rings. The largest absolute Gasteiger partial charge is 0.285 e. The molecule has 1 fully saturated rings. The van der Waals surface area contributed by atoms with Gasteiger partial charge in [-0.3, -0.25) is 14.5 Å². The highest BCUT2D eigenvalue weighted by atomic mass is 16.2. The van der Waals surface area contributed by atoms with Gasteiger partial charge in [0.05, 0.1) is 5.92 Å². The van der Waals surface area contributed by atoms with E-state index < -0.39 is 0 Å². The van der Waals surface area contributed by atoms with Gasteiger partial charge in [0.15, 0.2) is 0 Å². The summed E-state index contributed by atoms with van der Waals surface area (Å²) in [6, 6.07) is 0. The maximum atomic E-state index is 12.0. The Labute approximate surface area is 98.2 Å². The maximum absolute atomic E-state index is 12.0. The molecule has 0 aromatic heterocycles. The van der Waals surface area contributed by atoms with Crippen LogP contribution in [0.5, 0.6) is 0 Å². The van der Waals surface area contributed by atoms with Crippen LogP contribution in [-0.2, 0) is 9.59 Å². The molecule has 0 bridgehead atoms. The van der Waals surface area contributed by atoms with Gasteiger partial charge in [-0.15, -0.1) is 0 Å². The van der Waals surface area contributed by atoms with Crippen LogP contribution in [0.15, 0.2) is 0 Å². The van der Waals surface area contributed by atoms with Crippen LogP contribution in [0.4, 0.5) is 0 Å². The summed E-state index contributed by atoms with van der Waals surface area (Å²) in [5.74, 6) is -0.0901. The predicted molar refractivity (Wildman–Crippen MR) is 63.8 cm³/mol. The first-order valence-electron chi connectivity index (χ1n) is 6.26. The van der Waals surface area contributed by atoms with Gasteiger partial charge >= 0.3 is 0 Å². The molecule has 3 nitrogen and oxygen atoms in total. The lowest BCUT2D eigenvalue weighted by atomic mass is 9.70. The highest BCUT2D eigenvalue weighted by Gasteiger charge is 2.46. The van der Waals surface area contributed by atoms with Crippen molar-refractivity contribution < 1.29 is 9.59 Å². The van der Waals surface area contributed by atoms with Crippen LogP contribution >= 0.6 is 0 Å². The van der Waals surface area contributed by atoms with Gasteiger partial charge in [0.25, 0.3) is 0 Å². The molecular weight excluding hydrogens is 202 g/mol. The van der Waals surface area contributed by atoms with Gasteiger partial charge in [0, 0.05) is 13.5 Å². The van der Waals surface area contributed by atoms with Crippen LogP contribution in [-0.4, -0.2) is 23.8 Å². The minimum absolute atomic E-state index is 0.000995. The number of hydrogen-bond donors (Lipinski definition) is 0. The normalized spacial score (nSPS) is 22.0. The standard InChI is InChI=1S/C13H23NO2/c1-5-7-13(3,8-6-2)10-9-11(15)14(4)12(10)16/h10H,5-9H2,1-4H3. The Balaban J connectivity index is 2.87. The van der Waals surface area contributed by atoms with E-state index in [2.05, 4.69) is 20.8 Å². The molecule has 16 heavy (non-hydrogen) atoms. The minimum atomic E-state index is -0.0927. The second-order valence-electron chi connectivity index (χ2n) is 5.20. The summed E-state index contributed by atoms with van der Waals surface area (Å²) in [6.07, 6.45) is 4.60. The Morgan fingerprint density at radius 2 is 1.75 bits per heavy atom. The van der Waals surface area contributed by atoms with E-state index in [-0.39, 0.29) is 23.1 Å². The van der Waals surface area contributed by atoms with E-state index in [0.29, 0.717) is 6.42 Å². The third-order valence-corrected chi connectivity index (χ3v) is 3.87. The summed E-state index contributed by atoms with van der Waals surface area (Å²) in [4.78, 5) is 24.9. The van der Waals surface area contributed by atoms with Gasteiger partial charge in [-0.25, -0.2) is 0 Å². The fourth-order valence-electron chi connectivity index (χ4n) is 2.92. The predicted octanol–water partition coefficient (Wildman–Crippen LogP) is 2.60.